The summed E-state index contributed by atoms with van der Waals surface area (Å²) in [5, 5.41) is 10.0. The van der Waals surface area contributed by atoms with Gasteiger partial charge in [0.15, 0.2) is 0 Å². The first-order valence-electron chi connectivity index (χ1n) is 19.3. The predicted molar refractivity (Wildman–Crippen MR) is 204 cm³/mol. The van der Waals surface area contributed by atoms with Gasteiger partial charge in [-0.1, -0.05) is 48.5 Å². The molecule has 12 nitrogen and oxygen atoms in total. The molecule has 3 unspecified atom stereocenters. The zero-order valence-electron chi connectivity index (χ0n) is 31.0. The number of carbonyl (C=O) groups excluding carboxylic acids is 4. The number of amides is 4. The van der Waals surface area contributed by atoms with Crippen LogP contribution in [0.1, 0.15) is 113 Å². The Morgan fingerprint density at radius 2 is 0.873 bits per heavy atom. The maximum Gasteiger partial charge on any atom is 0.412 e. The zero-order valence-corrected chi connectivity index (χ0v) is 31.0. The number of ether oxygens (including phenoxy) is 4. The van der Waals surface area contributed by atoms with Crippen molar-refractivity contribution in [3.8, 4) is 46.6 Å². The van der Waals surface area contributed by atoms with Crippen LogP contribution in [-0.4, -0.2) is 55.2 Å². The van der Waals surface area contributed by atoms with Gasteiger partial charge in [0.2, 0.25) is 0 Å². The first kappa shape index (κ1) is 38.9. The summed E-state index contributed by atoms with van der Waals surface area (Å²) in [6.45, 7) is -0.0788. The molecule has 0 fully saturated rings. The highest BCUT2D eigenvalue weighted by molar-refractivity contribution is 5.80. The molecule has 4 amide bonds. The van der Waals surface area contributed by atoms with Crippen molar-refractivity contribution in [2.24, 2.45) is 0 Å². The van der Waals surface area contributed by atoms with Crippen LogP contribution in [0.25, 0.3) is 11.1 Å². The van der Waals surface area contributed by atoms with Crippen molar-refractivity contribution >= 4 is 24.4 Å². The van der Waals surface area contributed by atoms with E-state index in [-0.39, 0.29) is 12.5 Å². The standard InChI is InChI=1S/C43H48N4O8/c48-39(52-30-38-36-28-18-16-26-34(36)35-27-17-19-29-37(35)38)44-43(45-40(49)53-31-20-10-4-1-5-11-21-31,46-41(50)54-32-22-12-6-2-7-13-23-32)47-42(51)55-33-24-14-8-3-9-15-25-33/h16-19,26-29,31-33,38H,4,6,8,10-15,20-25,30H2,(H,44,48)(H,45,49)(H,46,50)(H,47,51). The Balaban J connectivity index is 1.24. The van der Waals surface area contributed by atoms with Crippen LogP contribution in [0, 0.1) is 35.5 Å². The van der Waals surface area contributed by atoms with Crippen molar-refractivity contribution in [2.45, 2.75) is 126 Å². The summed E-state index contributed by atoms with van der Waals surface area (Å²) >= 11 is 0. The molecule has 0 heterocycles. The number of rotatable bonds is 9. The predicted octanol–water partition coefficient (Wildman–Crippen LogP) is 7.32. The highest BCUT2D eigenvalue weighted by Crippen LogP contribution is 2.44. The fourth-order valence-corrected chi connectivity index (χ4v) is 7.25. The number of hydrogen-bond donors (Lipinski definition) is 4. The first-order chi connectivity index (χ1) is 26.9. The van der Waals surface area contributed by atoms with Gasteiger partial charge < -0.3 is 18.9 Å². The normalized spacial score (nSPS) is 21.3. The number of benzene rings is 2. The Labute approximate surface area is 322 Å². The maximum atomic E-state index is 13.8. The second-order valence-corrected chi connectivity index (χ2v) is 14.0. The van der Waals surface area contributed by atoms with Crippen LogP contribution >= 0.6 is 0 Å². The minimum atomic E-state index is -2.50. The molecule has 4 N–H and O–H groups in total. The molecule has 0 bridgehead atoms. The van der Waals surface area contributed by atoms with Gasteiger partial charge in [-0.2, -0.15) is 0 Å². The molecule has 4 aliphatic rings. The summed E-state index contributed by atoms with van der Waals surface area (Å²) in [7, 11) is 0. The smallest absolute Gasteiger partial charge is 0.412 e. The molecule has 0 aliphatic heterocycles. The van der Waals surface area contributed by atoms with Gasteiger partial charge >= 0.3 is 24.4 Å². The van der Waals surface area contributed by atoms with E-state index >= 15 is 0 Å². The van der Waals surface area contributed by atoms with Crippen LogP contribution in [0.15, 0.2) is 48.5 Å². The summed E-state index contributed by atoms with van der Waals surface area (Å²) in [5.41, 5.74) is 4.06. The van der Waals surface area contributed by atoms with E-state index in [0.717, 1.165) is 41.5 Å². The highest BCUT2D eigenvalue weighted by Gasteiger charge is 2.42. The molecule has 0 aromatic heterocycles. The summed E-state index contributed by atoms with van der Waals surface area (Å²) in [6, 6.07) is 15.8. The molecule has 0 spiro atoms. The topological polar surface area (TPSA) is 153 Å². The minimum absolute atomic E-state index is 0.0788. The van der Waals surface area contributed by atoms with Crippen LogP contribution < -0.4 is 21.3 Å². The number of nitrogens with one attached hydrogen (secondary N) is 4. The Bertz CT molecular complexity index is 1720. The van der Waals surface area contributed by atoms with Crippen LogP contribution in [0.3, 0.4) is 0 Å². The summed E-state index contributed by atoms with van der Waals surface area (Å²) in [4.78, 5) is 54.9. The molecule has 6 rings (SSSR count). The Kier molecular flexibility index (Phi) is 13.8. The molecule has 2 aromatic carbocycles. The SMILES string of the molecule is O=C(NC(NC(=O)OC1CCC#CCCC1)(NC(=O)OC1CCC#CCCC1)NC(=O)OC1CCC#CCCC1)OCC1c2ccccc2-c2ccccc21. The van der Waals surface area contributed by atoms with Gasteiger partial charge in [-0.15, -0.1) is 35.5 Å². The number of hydrogen-bond acceptors (Lipinski definition) is 8. The van der Waals surface area contributed by atoms with E-state index < -0.39 is 48.6 Å². The molecule has 4 aliphatic carbocycles. The quantitative estimate of drug-likeness (QED) is 0.118. The first-order valence-corrected chi connectivity index (χ1v) is 19.3. The molecule has 2 aromatic rings. The van der Waals surface area contributed by atoms with E-state index in [2.05, 4.69) is 56.8 Å². The molecule has 0 radical (unpaired) electrons. The zero-order chi connectivity index (χ0) is 38.3. The summed E-state index contributed by atoms with van der Waals surface area (Å²) < 4.78 is 23.2. The third-order valence-electron chi connectivity index (χ3n) is 9.96. The van der Waals surface area contributed by atoms with Gasteiger partial charge in [0.25, 0.3) is 5.91 Å². The fraction of sp³-hybridized carbons (Fsp3) is 0.488. The maximum absolute atomic E-state index is 13.8. The highest BCUT2D eigenvalue weighted by atomic mass is 16.6. The lowest BCUT2D eigenvalue weighted by Crippen LogP contribution is -2.78. The van der Waals surface area contributed by atoms with Crippen molar-refractivity contribution in [2.75, 3.05) is 6.61 Å². The second-order valence-electron chi connectivity index (χ2n) is 14.0. The Morgan fingerprint density at radius 1 is 0.509 bits per heavy atom. The molecule has 3 atom stereocenters. The van der Waals surface area contributed by atoms with Gasteiger partial charge in [-0.25, -0.2) is 19.2 Å². The van der Waals surface area contributed by atoms with E-state index in [4.69, 9.17) is 18.9 Å². The summed E-state index contributed by atoms with van der Waals surface area (Å²) in [6.07, 6.45) is 3.41. The van der Waals surface area contributed by atoms with Crippen molar-refractivity contribution < 1.29 is 38.1 Å². The van der Waals surface area contributed by atoms with Crippen molar-refractivity contribution in [3.05, 3.63) is 59.7 Å². The van der Waals surface area contributed by atoms with E-state index in [1.165, 1.54) is 0 Å². The van der Waals surface area contributed by atoms with E-state index in [1.54, 1.807) is 0 Å². The van der Waals surface area contributed by atoms with Crippen LogP contribution in [0.4, 0.5) is 19.2 Å². The van der Waals surface area contributed by atoms with Crippen molar-refractivity contribution in [1.82, 2.24) is 21.3 Å². The number of carbonyl (C=O) groups is 4. The minimum Gasteiger partial charge on any atom is -0.448 e. The molecular weight excluding hydrogens is 700 g/mol. The lowest BCUT2D eigenvalue weighted by molar-refractivity contribution is 0.0350. The van der Waals surface area contributed by atoms with Gasteiger partial charge in [0, 0.05) is 44.4 Å². The van der Waals surface area contributed by atoms with E-state index in [1.807, 2.05) is 48.5 Å². The van der Waals surface area contributed by atoms with Gasteiger partial charge in [0.1, 0.15) is 24.9 Å². The summed E-state index contributed by atoms with van der Waals surface area (Å²) in [5.74, 6) is 15.7. The van der Waals surface area contributed by atoms with Crippen LogP contribution in [0.2, 0.25) is 0 Å². The second kappa shape index (κ2) is 19.5. The van der Waals surface area contributed by atoms with Gasteiger partial charge in [-0.3, -0.25) is 21.3 Å². The third-order valence-corrected chi connectivity index (χ3v) is 9.96. The average molecular weight is 749 g/mol. The van der Waals surface area contributed by atoms with E-state index in [0.29, 0.717) is 77.0 Å². The number of fused-ring (bicyclic) bond motifs is 3. The lowest BCUT2D eigenvalue weighted by atomic mass is 9.98. The Hall–Kier alpha value is -5.80. The lowest BCUT2D eigenvalue weighted by Gasteiger charge is -2.36. The molecule has 0 saturated heterocycles. The molecule has 288 valence electrons. The average Bonchev–Trinajstić information content (AvgIpc) is 3.44. The van der Waals surface area contributed by atoms with E-state index in [9.17, 15) is 19.2 Å². The molecule has 0 saturated carbocycles. The largest absolute Gasteiger partial charge is 0.448 e. The monoisotopic (exact) mass is 748 g/mol. The number of alkyl carbamates (subject to hydrolysis) is 4. The van der Waals surface area contributed by atoms with Gasteiger partial charge in [-0.05, 0) is 80.0 Å². The third kappa shape index (κ3) is 11.4. The van der Waals surface area contributed by atoms with Crippen molar-refractivity contribution in [1.29, 1.82) is 0 Å². The molecule has 55 heavy (non-hydrogen) atoms. The van der Waals surface area contributed by atoms with Gasteiger partial charge in [0.05, 0.1) is 0 Å². The van der Waals surface area contributed by atoms with Crippen molar-refractivity contribution in [3.63, 3.8) is 0 Å². The fourth-order valence-electron chi connectivity index (χ4n) is 7.25. The molecular formula is C43H48N4O8. The van der Waals surface area contributed by atoms with Crippen LogP contribution in [0.5, 0.6) is 0 Å². The Morgan fingerprint density at radius 3 is 1.29 bits per heavy atom. The van der Waals surface area contributed by atoms with Crippen LogP contribution in [-0.2, 0) is 18.9 Å². The molecule has 12 heteroatoms.